The molecule has 1 N–H and O–H groups in total. The molecule has 26 heavy (non-hydrogen) atoms. The number of aromatic nitrogens is 1. The molecule has 3 rings (SSSR count). The molecule has 0 aliphatic carbocycles. The molecule has 0 atom stereocenters. The van der Waals surface area contributed by atoms with E-state index >= 15 is 0 Å². The number of carbonyl (C=O) groups excluding carboxylic acids is 1. The van der Waals surface area contributed by atoms with Crippen LogP contribution in [0.2, 0.25) is 0 Å². The van der Waals surface area contributed by atoms with Gasteiger partial charge in [-0.15, -0.1) is 11.3 Å². The van der Waals surface area contributed by atoms with Crippen LogP contribution in [0.25, 0.3) is 10.6 Å². The SMILES string of the molecule is O=C(COCc1cc(-c2cccs2)on1)Nc1ccccc1C(F)(F)F. The van der Waals surface area contributed by atoms with Crippen LogP contribution in [0.3, 0.4) is 0 Å². The summed E-state index contributed by atoms with van der Waals surface area (Å²) >= 11 is 1.49. The molecule has 1 aromatic carbocycles. The Balaban J connectivity index is 1.53. The third-order valence-corrected chi connectivity index (χ3v) is 4.20. The quantitative estimate of drug-likeness (QED) is 0.678. The number of nitrogens with zero attached hydrogens (tertiary/aromatic N) is 1. The Morgan fingerprint density at radius 1 is 1.23 bits per heavy atom. The Bertz CT molecular complexity index is 876. The fraction of sp³-hybridized carbons (Fsp3) is 0.176. The summed E-state index contributed by atoms with van der Waals surface area (Å²) in [7, 11) is 0. The molecule has 136 valence electrons. The lowest BCUT2D eigenvalue weighted by Crippen LogP contribution is -2.20. The van der Waals surface area contributed by atoms with Crippen LogP contribution in [0.1, 0.15) is 11.3 Å². The Morgan fingerprint density at radius 3 is 2.77 bits per heavy atom. The van der Waals surface area contributed by atoms with E-state index in [1.54, 1.807) is 6.07 Å². The molecule has 0 saturated carbocycles. The average Bonchev–Trinajstić information content (AvgIpc) is 3.25. The van der Waals surface area contributed by atoms with Crippen molar-refractivity contribution in [3.63, 3.8) is 0 Å². The number of ether oxygens (including phenoxy) is 1. The van der Waals surface area contributed by atoms with Crippen molar-refractivity contribution < 1.29 is 27.2 Å². The zero-order chi connectivity index (χ0) is 18.6. The Morgan fingerprint density at radius 2 is 2.04 bits per heavy atom. The molecule has 0 fully saturated rings. The van der Waals surface area contributed by atoms with E-state index in [0.29, 0.717) is 11.5 Å². The molecular formula is C17H13F3N2O3S. The van der Waals surface area contributed by atoms with Gasteiger partial charge in [0, 0.05) is 6.07 Å². The zero-order valence-corrected chi connectivity index (χ0v) is 14.1. The van der Waals surface area contributed by atoms with E-state index in [9.17, 15) is 18.0 Å². The highest BCUT2D eigenvalue weighted by molar-refractivity contribution is 7.13. The number of nitrogens with one attached hydrogen (secondary N) is 1. The minimum absolute atomic E-state index is 0.00319. The maximum Gasteiger partial charge on any atom is 0.418 e. The van der Waals surface area contributed by atoms with E-state index in [1.165, 1.54) is 29.5 Å². The number of amides is 1. The van der Waals surface area contributed by atoms with Crippen LogP contribution in [0.4, 0.5) is 18.9 Å². The summed E-state index contributed by atoms with van der Waals surface area (Å²) in [6.07, 6.45) is -4.55. The third-order valence-electron chi connectivity index (χ3n) is 3.31. The first-order chi connectivity index (χ1) is 12.4. The normalized spacial score (nSPS) is 11.5. The number of halogens is 3. The van der Waals surface area contributed by atoms with Crippen LogP contribution in [-0.4, -0.2) is 17.7 Å². The summed E-state index contributed by atoms with van der Waals surface area (Å²) in [5.74, 6) is -0.106. The molecule has 3 aromatic rings. The highest BCUT2D eigenvalue weighted by Gasteiger charge is 2.33. The second kappa shape index (κ2) is 7.71. The zero-order valence-electron chi connectivity index (χ0n) is 13.2. The van der Waals surface area contributed by atoms with Gasteiger partial charge in [-0.3, -0.25) is 4.79 Å². The van der Waals surface area contributed by atoms with E-state index < -0.39 is 24.3 Å². The number of anilines is 1. The summed E-state index contributed by atoms with van der Waals surface area (Å²) in [6, 6.07) is 10.2. The lowest BCUT2D eigenvalue weighted by Gasteiger charge is -2.13. The van der Waals surface area contributed by atoms with Gasteiger partial charge in [0.1, 0.15) is 12.3 Å². The molecule has 1 amide bonds. The molecule has 0 radical (unpaired) electrons. The van der Waals surface area contributed by atoms with Crippen molar-refractivity contribution in [1.82, 2.24) is 5.16 Å². The minimum atomic E-state index is -4.55. The van der Waals surface area contributed by atoms with Crippen LogP contribution in [0, 0.1) is 0 Å². The molecule has 2 aromatic heterocycles. The van der Waals surface area contributed by atoms with Crippen molar-refractivity contribution in [3.05, 3.63) is 59.1 Å². The molecule has 2 heterocycles. The molecule has 9 heteroatoms. The molecule has 0 unspecified atom stereocenters. The predicted molar refractivity (Wildman–Crippen MR) is 89.5 cm³/mol. The first-order valence-electron chi connectivity index (χ1n) is 7.47. The maximum atomic E-state index is 12.9. The molecule has 0 aliphatic heterocycles. The molecule has 0 aliphatic rings. The monoisotopic (exact) mass is 382 g/mol. The van der Waals surface area contributed by atoms with Crippen molar-refractivity contribution in [3.8, 4) is 10.6 Å². The van der Waals surface area contributed by atoms with Crippen molar-refractivity contribution >= 4 is 22.9 Å². The Kier molecular flexibility index (Phi) is 5.38. The molecule has 5 nitrogen and oxygen atoms in total. The van der Waals surface area contributed by atoms with E-state index in [0.717, 1.165) is 10.9 Å². The van der Waals surface area contributed by atoms with Gasteiger partial charge in [-0.2, -0.15) is 13.2 Å². The van der Waals surface area contributed by atoms with Gasteiger partial charge in [0.05, 0.1) is 22.7 Å². The van der Waals surface area contributed by atoms with Crippen molar-refractivity contribution in [2.75, 3.05) is 11.9 Å². The summed E-state index contributed by atoms with van der Waals surface area (Å²) in [5.41, 5.74) is -0.739. The summed E-state index contributed by atoms with van der Waals surface area (Å²) in [6.45, 7) is -0.406. The van der Waals surface area contributed by atoms with E-state index in [2.05, 4.69) is 10.5 Å². The molecule has 0 spiro atoms. The predicted octanol–water partition coefficient (Wildman–Crippen LogP) is 4.58. The fourth-order valence-corrected chi connectivity index (χ4v) is 2.86. The highest BCUT2D eigenvalue weighted by Crippen LogP contribution is 2.34. The second-order valence-corrected chi connectivity index (χ2v) is 6.19. The van der Waals surface area contributed by atoms with Gasteiger partial charge in [0.25, 0.3) is 0 Å². The van der Waals surface area contributed by atoms with Gasteiger partial charge in [-0.25, -0.2) is 0 Å². The Hall–Kier alpha value is -2.65. The summed E-state index contributed by atoms with van der Waals surface area (Å²) < 4.78 is 49.0. The minimum Gasteiger partial charge on any atom is -0.365 e. The van der Waals surface area contributed by atoms with Crippen LogP contribution in [-0.2, 0) is 22.3 Å². The summed E-state index contributed by atoms with van der Waals surface area (Å²) in [4.78, 5) is 12.7. The van der Waals surface area contributed by atoms with Gasteiger partial charge in [-0.1, -0.05) is 23.4 Å². The lowest BCUT2D eigenvalue weighted by molar-refractivity contribution is -0.137. The number of hydrogen-bond donors (Lipinski definition) is 1. The number of hydrogen-bond acceptors (Lipinski definition) is 5. The average molecular weight is 382 g/mol. The van der Waals surface area contributed by atoms with Gasteiger partial charge < -0.3 is 14.6 Å². The van der Waals surface area contributed by atoms with Gasteiger partial charge >= 0.3 is 6.18 Å². The van der Waals surface area contributed by atoms with Gasteiger partial charge in [-0.05, 0) is 23.6 Å². The van der Waals surface area contributed by atoms with Crippen LogP contribution in [0.15, 0.2) is 52.4 Å². The third kappa shape index (κ3) is 4.50. The number of rotatable bonds is 6. The number of benzene rings is 1. The highest BCUT2D eigenvalue weighted by atomic mass is 32.1. The second-order valence-electron chi connectivity index (χ2n) is 5.24. The number of para-hydroxylation sites is 1. The number of carbonyl (C=O) groups is 1. The van der Waals surface area contributed by atoms with Gasteiger partial charge in [0.2, 0.25) is 5.91 Å². The first kappa shape index (κ1) is 18.2. The lowest BCUT2D eigenvalue weighted by atomic mass is 10.1. The van der Waals surface area contributed by atoms with E-state index in [1.807, 2.05) is 17.5 Å². The standard InChI is InChI=1S/C17H13F3N2O3S/c18-17(19,20)12-4-1-2-5-13(12)21-16(23)10-24-9-11-8-14(25-22-11)15-6-3-7-26-15/h1-8H,9-10H2,(H,21,23). The number of alkyl halides is 3. The van der Waals surface area contributed by atoms with Crippen molar-refractivity contribution in [2.24, 2.45) is 0 Å². The first-order valence-corrected chi connectivity index (χ1v) is 8.35. The van der Waals surface area contributed by atoms with Gasteiger partial charge in [0.15, 0.2) is 5.76 Å². The fourth-order valence-electron chi connectivity index (χ4n) is 2.19. The Labute approximate surface area is 150 Å². The molecule has 0 bridgehead atoms. The van der Waals surface area contributed by atoms with Crippen LogP contribution < -0.4 is 5.32 Å². The van der Waals surface area contributed by atoms with E-state index in [4.69, 9.17) is 9.26 Å². The van der Waals surface area contributed by atoms with Crippen LogP contribution in [0.5, 0.6) is 0 Å². The van der Waals surface area contributed by atoms with E-state index in [-0.39, 0.29) is 12.3 Å². The van der Waals surface area contributed by atoms with Crippen molar-refractivity contribution in [1.29, 1.82) is 0 Å². The molecular weight excluding hydrogens is 369 g/mol. The maximum absolute atomic E-state index is 12.9. The smallest absolute Gasteiger partial charge is 0.365 e. The van der Waals surface area contributed by atoms with Crippen molar-refractivity contribution in [2.45, 2.75) is 12.8 Å². The molecule has 0 saturated heterocycles. The number of thiophene rings is 1. The topological polar surface area (TPSA) is 64.4 Å². The summed E-state index contributed by atoms with van der Waals surface area (Å²) in [5, 5.41) is 7.93. The van der Waals surface area contributed by atoms with Crippen LogP contribution >= 0.6 is 11.3 Å². The largest absolute Gasteiger partial charge is 0.418 e.